The maximum atomic E-state index is 9.99. The zero-order valence-corrected chi connectivity index (χ0v) is 14.1. The summed E-state index contributed by atoms with van der Waals surface area (Å²) in [5.74, 6) is 0.916. The number of H-pyrrole nitrogens is 1. The van der Waals surface area contributed by atoms with E-state index in [1.807, 2.05) is 12.1 Å². The van der Waals surface area contributed by atoms with Crippen LogP contribution in [0.5, 0.6) is 5.75 Å². The van der Waals surface area contributed by atoms with Crippen LogP contribution in [0.1, 0.15) is 24.1 Å². The highest BCUT2D eigenvalue weighted by Crippen LogP contribution is 2.28. The molecule has 8 nitrogen and oxygen atoms in total. The molecule has 0 aliphatic carbocycles. The minimum absolute atomic E-state index is 0.138. The van der Waals surface area contributed by atoms with Crippen molar-refractivity contribution < 1.29 is 9.84 Å². The number of aromatic hydroxyl groups is 1. The highest BCUT2D eigenvalue weighted by molar-refractivity contribution is 6.17. The number of nitrogen functional groups attached to an aromatic ring is 1. The number of nitrogens with two attached hydrogens (primary N) is 1. The summed E-state index contributed by atoms with van der Waals surface area (Å²) in [6.45, 7) is 1.40. The van der Waals surface area contributed by atoms with Crippen molar-refractivity contribution in [2.75, 3.05) is 24.3 Å². The van der Waals surface area contributed by atoms with E-state index in [0.29, 0.717) is 35.8 Å². The predicted molar refractivity (Wildman–Crippen MR) is 99.8 cm³/mol. The van der Waals surface area contributed by atoms with E-state index in [4.69, 9.17) is 15.9 Å². The number of hydrogen-bond acceptors (Lipinski definition) is 7. The number of hydrogen-bond donors (Lipinski definition) is 5. The van der Waals surface area contributed by atoms with Gasteiger partial charge in [-0.2, -0.15) is 0 Å². The Hall–Kier alpha value is -3.13. The summed E-state index contributed by atoms with van der Waals surface area (Å²) in [4.78, 5) is 11.4. The fraction of sp³-hybridized carbons (Fsp3) is 0.278. The Morgan fingerprint density at radius 2 is 2.12 bits per heavy atom. The second-order valence-corrected chi connectivity index (χ2v) is 6.31. The summed E-state index contributed by atoms with van der Waals surface area (Å²) >= 11 is 0. The first-order chi connectivity index (χ1) is 12.6. The van der Waals surface area contributed by atoms with Crippen LogP contribution in [0.3, 0.4) is 0 Å². The number of phenolic OH excluding ortho intramolecular Hbond substituents is 1. The molecule has 3 heterocycles. The summed E-state index contributed by atoms with van der Waals surface area (Å²) in [5.41, 5.74) is 7.82. The maximum absolute atomic E-state index is 9.99. The maximum Gasteiger partial charge on any atom is 0.141 e. The highest BCUT2D eigenvalue weighted by Gasteiger charge is 2.21. The first kappa shape index (κ1) is 16.3. The highest BCUT2D eigenvalue weighted by atomic mass is 16.5. The van der Waals surface area contributed by atoms with Gasteiger partial charge in [0.2, 0.25) is 0 Å². The molecule has 0 unspecified atom stereocenters. The fourth-order valence-electron chi connectivity index (χ4n) is 3.20. The summed E-state index contributed by atoms with van der Waals surface area (Å²) in [6.07, 6.45) is 3.14. The first-order valence-corrected chi connectivity index (χ1v) is 8.48. The van der Waals surface area contributed by atoms with Crippen LogP contribution in [0.25, 0.3) is 10.9 Å². The summed E-state index contributed by atoms with van der Waals surface area (Å²) in [5, 5.41) is 22.8. The molecule has 0 bridgehead atoms. The molecular formula is C18H20N6O2. The monoisotopic (exact) mass is 352 g/mol. The van der Waals surface area contributed by atoms with Crippen LogP contribution >= 0.6 is 0 Å². The average Bonchev–Trinajstić information content (AvgIpc) is 3.08. The normalized spacial score (nSPS) is 15.2. The van der Waals surface area contributed by atoms with Gasteiger partial charge in [0.15, 0.2) is 0 Å². The molecule has 1 fully saturated rings. The van der Waals surface area contributed by atoms with Crippen LogP contribution in [-0.2, 0) is 4.74 Å². The minimum Gasteiger partial charge on any atom is -0.506 e. The molecule has 0 atom stereocenters. The van der Waals surface area contributed by atoms with E-state index in [9.17, 15) is 5.11 Å². The van der Waals surface area contributed by atoms with Crippen molar-refractivity contribution in [2.24, 2.45) is 0 Å². The van der Waals surface area contributed by atoms with Gasteiger partial charge in [-0.25, -0.2) is 9.97 Å². The minimum atomic E-state index is 0.138. The summed E-state index contributed by atoms with van der Waals surface area (Å²) < 4.78 is 5.38. The van der Waals surface area contributed by atoms with E-state index in [0.717, 1.165) is 18.2 Å². The largest absolute Gasteiger partial charge is 0.506 e. The van der Waals surface area contributed by atoms with Crippen molar-refractivity contribution in [3.63, 3.8) is 0 Å². The molecule has 1 aliphatic heterocycles. The van der Waals surface area contributed by atoms with Crippen LogP contribution in [0.4, 0.5) is 11.6 Å². The van der Waals surface area contributed by atoms with Gasteiger partial charge >= 0.3 is 0 Å². The lowest BCUT2D eigenvalue weighted by Crippen LogP contribution is -2.29. The Balaban J connectivity index is 1.71. The Labute approximate surface area is 149 Å². The molecule has 134 valence electrons. The molecule has 4 rings (SSSR count). The van der Waals surface area contributed by atoms with Crippen LogP contribution in [0.2, 0.25) is 0 Å². The first-order valence-electron chi connectivity index (χ1n) is 8.48. The number of phenols is 1. The third kappa shape index (κ3) is 2.95. The molecule has 1 aliphatic rings. The zero-order valence-electron chi connectivity index (χ0n) is 14.1. The Morgan fingerprint density at radius 3 is 2.88 bits per heavy atom. The number of aromatic amines is 1. The number of para-hydroxylation sites is 1. The molecule has 1 saturated heterocycles. The third-order valence-electron chi connectivity index (χ3n) is 4.59. The third-order valence-corrected chi connectivity index (χ3v) is 4.59. The van der Waals surface area contributed by atoms with Crippen molar-refractivity contribution in [1.82, 2.24) is 15.0 Å². The van der Waals surface area contributed by atoms with E-state index in [1.54, 1.807) is 12.1 Å². The number of aromatic nitrogens is 3. The Morgan fingerprint density at radius 1 is 1.31 bits per heavy atom. The number of rotatable bonds is 4. The quantitative estimate of drug-likeness (QED) is 0.457. The average molecular weight is 352 g/mol. The lowest BCUT2D eigenvalue weighted by atomic mass is 10.1. The van der Waals surface area contributed by atoms with Gasteiger partial charge in [0.25, 0.3) is 0 Å². The number of ether oxygens (including phenoxy) is 1. The summed E-state index contributed by atoms with van der Waals surface area (Å²) in [6, 6.07) is 7.26. The van der Waals surface area contributed by atoms with Crippen molar-refractivity contribution in [3.05, 3.63) is 41.9 Å². The van der Waals surface area contributed by atoms with Gasteiger partial charge in [-0.05, 0) is 25.0 Å². The number of anilines is 2. The number of fused-ring (bicyclic) bond motifs is 1. The predicted octanol–water partition coefficient (Wildman–Crippen LogP) is 2.25. The lowest BCUT2D eigenvalue weighted by molar-refractivity contribution is 0.0904. The molecular weight excluding hydrogens is 332 g/mol. The topological polar surface area (TPSA) is 133 Å². The number of nitrogens with one attached hydrogen (secondary N) is 3. The van der Waals surface area contributed by atoms with Crippen LogP contribution in [-0.4, -0.2) is 45.0 Å². The Bertz CT molecular complexity index is 961. The van der Waals surface area contributed by atoms with E-state index in [2.05, 4.69) is 20.3 Å². The molecule has 2 aromatic heterocycles. The number of benzene rings is 1. The molecule has 6 N–H and O–H groups in total. The van der Waals surface area contributed by atoms with Crippen LogP contribution in [0, 0.1) is 5.41 Å². The van der Waals surface area contributed by atoms with Gasteiger partial charge in [0.1, 0.15) is 23.7 Å². The van der Waals surface area contributed by atoms with E-state index in [1.165, 1.54) is 6.33 Å². The Kier molecular flexibility index (Phi) is 4.18. The van der Waals surface area contributed by atoms with Gasteiger partial charge in [0.05, 0.1) is 22.5 Å². The molecule has 0 amide bonds. The van der Waals surface area contributed by atoms with E-state index < -0.39 is 0 Å². The van der Waals surface area contributed by atoms with Crippen molar-refractivity contribution in [2.45, 2.75) is 18.9 Å². The van der Waals surface area contributed by atoms with Gasteiger partial charge in [-0.1, -0.05) is 12.1 Å². The van der Waals surface area contributed by atoms with Gasteiger partial charge in [-0.3, -0.25) is 5.41 Å². The SMILES string of the molecule is N=C(c1cc2cccc(O)c2[nH]1)c1c(N)ncnc1NC1CCOCC1. The van der Waals surface area contributed by atoms with Gasteiger partial charge < -0.3 is 25.9 Å². The molecule has 26 heavy (non-hydrogen) atoms. The smallest absolute Gasteiger partial charge is 0.141 e. The van der Waals surface area contributed by atoms with Crippen molar-refractivity contribution in [3.8, 4) is 5.75 Å². The van der Waals surface area contributed by atoms with Crippen molar-refractivity contribution >= 4 is 28.3 Å². The standard InChI is InChI=1S/C18H20N6O2/c19-15(12-8-10-2-1-3-13(25)16(10)24-12)14-17(20)21-9-22-18(14)23-11-4-6-26-7-5-11/h1-3,8-9,11,19,24-25H,4-7H2,(H3,20,21,22,23). The van der Waals surface area contributed by atoms with Crippen LogP contribution in [0.15, 0.2) is 30.6 Å². The molecule has 1 aromatic carbocycles. The number of nitrogens with zero attached hydrogens (tertiary/aromatic N) is 2. The summed E-state index contributed by atoms with van der Waals surface area (Å²) in [7, 11) is 0. The molecule has 0 spiro atoms. The second-order valence-electron chi connectivity index (χ2n) is 6.31. The molecule has 3 aromatic rings. The zero-order chi connectivity index (χ0) is 18.1. The molecule has 0 saturated carbocycles. The van der Waals surface area contributed by atoms with E-state index >= 15 is 0 Å². The van der Waals surface area contributed by atoms with Gasteiger partial charge in [-0.15, -0.1) is 0 Å². The van der Waals surface area contributed by atoms with Crippen molar-refractivity contribution in [1.29, 1.82) is 5.41 Å². The van der Waals surface area contributed by atoms with Crippen LogP contribution < -0.4 is 11.1 Å². The van der Waals surface area contributed by atoms with E-state index in [-0.39, 0.29) is 23.3 Å². The fourth-order valence-corrected chi connectivity index (χ4v) is 3.20. The molecule has 8 heteroatoms. The molecule has 0 radical (unpaired) electrons. The van der Waals surface area contributed by atoms with Gasteiger partial charge in [0, 0.05) is 24.6 Å². The lowest BCUT2D eigenvalue weighted by Gasteiger charge is -2.24. The second kappa shape index (κ2) is 6.64.